The molecule has 0 spiro atoms. The van der Waals surface area contributed by atoms with E-state index in [0.29, 0.717) is 13.0 Å². The first-order valence-electron chi connectivity index (χ1n) is 5.94. The summed E-state index contributed by atoms with van der Waals surface area (Å²) in [5, 5.41) is 13.9. The van der Waals surface area contributed by atoms with Crippen molar-refractivity contribution in [3.63, 3.8) is 0 Å². The van der Waals surface area contributed by atoms with Gasteiger partial charge in [0.2, 0.25) is 6.29 Å². The maximum atomic E-state index is 13.2. The van der Waals surface area contributed by atoms with Crippen LogP contribution in [0.25, 0.3) is 0 Å². The molecule has 20 heavy (non-hydrogen) atoms. The lowest BCUT2D eigenvalue weighted by molar-refractivity contribution is -0.777. The smallest absolute Gasteiger partial charge is 0.334 e. The van der Waals surface area contributed by atoms with Crippen molar-refractivity contribution >= 4 is 5.97 Å². The molecule has 0 radical (unpaired) electrons. The van der Waals surface area contributed by atoms with E-state index in [1.54, 1.807) is 7.05 Å². The van der Waals surface area contributed by atoms with E-state index >= 15 is 0 Å². The average molecular weight is 299 g/mol. The molecule has 0 amide bonds. The van der Waals surface area contributed by atoms with Crippen LogP contribution >= 0.6 is 0 Å². The van der Waals surface area contributed by atoms with Crippen LogP contribution in [0, 0.1) is 10.1 Å². The highest BCUT2D eigenvalue weighted by molar-refractivity contribution is 5.81. The summed E-state index contributed by atoms with van der Waals surface area (Å²) in [6.07, 6.45) is -4.49. The van der Waals surface area contributed by atoms with E-state index in [4.69, 9.17) is 0 Å². The van der Waals surface area contributed by atoms with Crippen molar-refractivity contribution in [2.75, 3.05) is 20.6 Å². The van der Waals surface area contributed by atoms with Crippen molar-refractivity contribution in [3.05, 3.63) is 10.1 Å². The summed E-state index contributed by atoms with van der Waals surface area (Å²) in [6, 6.07) is 0. The number of carbonyl (C=O) groups is 1. The fourth-order valence-corrected chi connectivity index (χ4v) is 1.58. The van der Waals surface area contributed by atoms with Crippen LogP contribution in [0.5, 0.6) is 0 Å². The van der Waals surface area contributed by atoms with E-state index in [0.717, 1.165) is 6.92 Å². The van der Waals surface area contributed by atoms with E-state index in [1.807, 2.05) is 0 Å². The number of esters is 1. The fourth-order valence-electron chi connectivity index (χ4n) is 1.58. The third-order valence-corrected chi connectivity index (χ3v) is 2.69. The first kappa shape index (κ1) is 18.4. The number of hydrogen-bond donors (Lipinski definition) is 2. The molecule has 2 atom stereocenters. The van der Waals surface area contributed by atoms with Gasteiger partial charge in [0.25, 0.3) is 11.5 Å². The quantitative estimate of drug-likeness (QED) is 0.197. The molecule has 0 rings (SSSR count). The lowest BCUT2D eigenvalue weighted by Gasteiger charge is -2.31. The molecule has 118 valence electrons. The van der Waals surface area contributed by atoms with Crippen LogP contribution in [-0.4, -0.2) is 50.0 Å². The summed E-state index contributed by atoms with van der Waals surface area (Å²) in [7, 11) is 2.85. The van der Waals surface area contributed by atoms with Gasteiger partial charge in [-0.05, 0) is 40.4 Å². The van der Waals surface area contributed by atoms with Crippen molar-refractivity contribution in [1.82, 2.24) is 10.6 Å². The zero-order chi connectivity index (χ0) is 15.8. The standard InChI is InChI=1S/C10H19F2N3O5/c1-7(20-15(17)18)19-9(16)10(14-3,8(11)12)5-4-6-13-2/h7-8,13-14H,4-6H2,1-3H3/t7?,10-/m0/s1. The second kappa shape index (κ2) is 8.59. The molecule has 0 aliphatic heterocycles. The van der Waals surface area contributed by atoms with Crippen molar-refractivity contribution in [1.29, 1.82) is 0 Å². The molecule has 1 unspecified atom stereocenters. The maximum Gasteiger partial charge on any atom is 0.334 e. The minimum Gasteiger partial charge on any atom is -0.434 e. The van der Waals surface area contributed by atoms with Crippen LogP contribution in [0.3, 0.4) is 0 Å². The van der Waals surface area contributed by atoms with Gasteiger partial charge in [0.15, 0.2) is 5.54 Å². The zero-order valence-corrected chi connectivity index (χ0v) is 11.5. The molecule has 0 fully saturated rings. The molecule has 0 aliphatic carbocycles. The molecule has 0 heterocycles. The number of nitrogens with zero attached hydrogens (tertiary/aromatic N) is 1. The third-order valence-electron chi connectivity index (χ3n) is 2.69. The Kier molecular flexibility index (Phi) is 7.92. The number of likely N-dealkylation sites (N-methyl/N-ethyl adjacent to an activating group) is 1. The molecule has 10 heteroatoms. The monoisotopic (exact) mass is 299 g/mol. The van der Waals surface area contributed by atoms with Gasteiger partial charge in [0.05, 0.1) is 0 Å². The highest BCUT2D eigenvalue weighted by Crippen LogP contribution is 2.24. The highest BCUT2D eigenvalue weighted by atomic mass is 19.3. The lowest BCUT2D eigenvalue weighted by Crippen LogP contribution is -2.57. The van der Waals surface area contributed by atoms with Gasteiger partial charge in [0.1, 0.15) is 0 Å². The summed E-state index contributed by atoms with van der Waals surface area (Å²) in [5.41, 5.74) is -2.22. The van der Waals surface area contributed by atoms with Gasteiger partial charge >= 0.3 is 5.97 Å². The van der Waals surface area contributed by atoms with Crippen LogP contribution in [-0.2, 0) is 14.4 Å². The Morgan fingerprint density at radius 3 is 2.45 bits per heavy atom. The van der Waals surface area contributed by atoms with Crippen molar-refractivity contribution < 1.29 is 28.2 Å². The van der Waals surface area contributed by atoms with E-state index in [2.05, 4.69) is 20.2 Å². The average Bonchev–Trinajstić information content (AvgIpc) is 2.33. The van der Waals surface area contributed by atoms with E-state index < -0.39 is 29.3 Å². The van der Waals surface area contributed by atoms with Crippen molar-refractivity contribution in [2.24, 2.45) is 0 Å². The van der Waals surface area contributed by atoms with Crippen molar-refractivity contribution in [3.8, 4) is 0 Å². The Morgan fingerprint density at radius 2 is 2.05 bits per heavy atom. The van der Waals surface area contributed by atoms with E-state index in [-0.39, 0.29) is 6.42 Å². The number of hydrogen-bond acceptors (Lipinski definition) is 7. The zero-order valence-electron chi connectivity index (χ0n) is 11.5. The van der Waals surface area contributed by atoms with Crippen LogP contribution in [0.2, 0.25) is 0 Å². The number of ether oxygens (including phenoxy) is 1. The Hall–Kier alpha value is -1.55. The summed E-state index contributed by atoms with van der Waals surface area (Å²) in [4.78, 5) is 25.9. The topological polar surface area (TPSA) is 103 Å². The van der Waals surface area contributed by atoms with Crippen LogP contribution in [0.1, 0.15) is 19.8 Å². The summed E-state index contributed by atoms with van der Waals surface area (Å²) >= 11 is 0. The van der Waals surface area contributed by atoms with Gasteiger partial charge in [-0.25, -0.2) is 13.6 Å². The second-order valence-corrected chi connectivity index (χ2v) is 4.03. The number of carbonyl (C=O) groups excluding carboxylic acids is 1. The van der Waals surface area contributed by atoms with Gasteiger partial charge in [-0.15, -0.1) is 10.1 Å². The lowest BCUT2D eigenvalue weighted by atomic mass is 9.94. The molecular formula is C10H19F2N3O5. The van der Waals surface area contributed by atoms with Gasteiger partial charge in [0, 0.05) is 0 Å². The number of halogens is 2. The summed E-state index contributed by atoms with van der Waals surface area (Å²) in [5.74, 6) is -1.29. The Balaban J connectivity index is 4.83. The van der Waals surface area contributed by atoms with Crippen LogP contribution in [0.4, 0.5) is 8.78 Å². The molecule has 0 aromatic carbocycles. The van der Waals surface area contributed by atoms with Gasteiger partial charge in [-0.3, -0.25) is 4.84 Å². The Morgan fingerprint density at radius 1 is 1.45 bits per heavy atom. The highest BCUT2D eigenvalue weighted by Gasteiger charge is 2.47. The summed E-state index contributed by atoms with van der Waals surface area (Å²) < 4.78 is 30.9. The van der Waals surface area contributed by atoms with Crippen LogP contribution in [0.15, 0.2) is 0 Å². The molecule has 0 bridgehead atoms. The third kappa shape index (κ3) is 5.21. The molecule has 0 saturated carbocycles. The minimum absolute atomic E-state index is 0.188. The predicted octanol–water partition coefficient (Wildman–Crippen LogP) is 0.307. The molecule has 0 aromatic rings. The fraction of sp³-hybridized carbons (Fsp3) is 0.900. The first-order chi connectivity index (χ1) is 9.30. The molecule has 2 N–H and O–H groups in total. The number of nitrogens with one attached hydrogen (secondary N) is 2. The maximum absolute atomic E-state index is 13.2. The molecular weight excluding hydrogens is 280 g/mol. The Bertz CT molecular complexity index is 332. The molecule has 0 saturated heterocycles. The van der Waals surface area contributed by atoms with Gasteiger partial charge in [-0.2, -0.15) is 0 Å². The van der Waals surface area contributed by atoms with E-state index in [9.17, 15) is 23.7 Å². The van der Waals surface area contributed by atoms with E-state index in [1.165, 1.54) is 7.05 Å². The predicted molar refractivity (Wildman–Crippen MR) is 64.6 cm³/mol. The van der Waals surface area contributed by atoms with Crippen molar-refractivity contribution in [2.45, 2.75) is 38.0 Å². The summed E-state index contributed by atoms with van der Waals surface area (Å²) in [6.45, 7) is 1.50. The molecule has 8 nitrogen and oxygen atoms in total. The normalized spacial score (nSPS) is 15.5. The van der Waals surface area contributed by atoms with Gasteiger partial charge in [-0.1, -0.05) is 0 Å². The SMILES string of the molecule is CNCCC[C@@](NC)(C(=O)OC(C)O[N+](=O)[O-])C(F)F. The molecule has 0 aliphatic rings. The number of alkyl halides is 2. The first-order valence-corrected chi connectivity index (χ1v) is 5.94. The largest absolute Gasteiger partial charge is 0.434 e. The molecule has 0 aromatic heterocycles. The minimum atomic E-state index is -3.03. The number of rotatable bonds is 10. The Labute approximate surface area is 114 Å². The van der Waals surface area contributed by atoms with Crippen LogP contribution < -0.4 is 10.6 Å². The second-order valence-electron chi connectivity index (χ2n) is 4.03. The van der Waals surface area contributed by atoms with Gasteiger partial charge < -0.3 is 15.4 Å².